The highest BCUT2D eigenvalue weighted by Gasteiger charge is 2.17. The molecule has 1 N–H and O–H groups in total. The zero-order valence-electron chi connectivity index (χ0n) is 9.61. The minimum Gasteiger partial charge on any atom is -0.309 e. The van der Waals surface area contributed by atoms with Crippen molar-refractivity contribution >= 4 is 15.9 Å². The highest BCUT2D eigenvalue weighted by Crippen LogP contribution is 2.26. The maximum atomic E-state index is 13.8. The van der Waals surface area contributed by atoms with Crippen LogP contribution in [0.15, 0.2) is 35.1 Å². The second-order valence-electron chi connectivity index (χ2n) is 3.83. The van der Waals surface area contributed by atoms with Crippen LogP contribution in [-0.4, -0.2) is 16.8 Å². The Hall–Kier alpha value is -1.20. The normalized spacial score (nSPS) is 12.7. The van der Waals surface area contributed by atoms with Crippen molar-refractivity contribution in [2.24, 2.45) is 7.05 Å². The van der Waals surface area contributed by atoms with Gasteiger partial charge in [-0.3, -0.25) is 4.68 Å². The zero-order valence-corrected chi connectivity index (χ0v) is 11.2. The molecule has 0 saturated carbocycles. The number of aryl methyl sites for hydroxylation is 1. The van der Waals surface area contributed by atoms with Crippen molar-refractivity contribution in [2.75, 3.05) is 7.05 Å². The predicted molar refractivity (Wildman–Crippen MR) is 68.2 cm³/mol. The summed E-state index contributed by atoms with van der Waals surface area (Å²) >= 11 is 3.36. The minimum atomic E-state index is -0.226. The Balaban J connectivity index is 2.45. The van der Waals surface area contributed by atoms with Crippen molar-refractivity contribution in [1.82, 2.24) is 15.1 Å². The van der Waals surface area contributed by atoms with Gasteiger partial charge in [-0.1, -0.05) is 15.9 Å². The highest BCUT2D eigenvalue weighted by atomic mass is 79.9. The van der Waals surface area contributed by atoms with E-state index in [0.29, 0.717) is 5.56 Å². The van der Waals surface area contributed by atoms with E-state index in [2.05, 4.69) is 26.3 Å². The summed E-state index contributed by atoms with van der Waals surface area (Å²) in [7, 11) is 3.64. The van der Waals surface area contributed by atoms with Crippen molar-refractivity contribution in [1.29, 1.82) is 0 Å². The van der Waals surface area contributed by atoms with Gasteiger partial charge in [0.25, 0.3) is 0 Å². The van der Waals surface area contributed by atoms with E-state index in [9.17, 15) is 4.39 Å². The molecule has 17 heavy (non-hydrogen) atoms. The molecule has 90 valence electrons. The lowest BCUT2D eigenvalue weighted by Crippen LogP contribution is -2.18. The topological polar surface area (TPSA) is 29.9 Å². The van der Waals surface area contributed by atoms with Crippen molar-refractivity contribution < 1.29 is 4.39 Å². The van der Waals surface area contributed by atoms with Crippen LogP contribution < -0.4 is 5.32 Å². The maximum absolute atomic E-state index is 13.8. The molecular weight excluding hydrogens is 285 g/mol. The maximum Gasteiger partial charge on any atom is 0.128 e. The van der Waals surface area contributed by atoms with Gasteiger partial charge < -0.3 is 5.32 Å². The van der Waals surface area contributed by atoms with Crippen LogP contribution in [0.4, 0.5) is 4.39 Å². The molecular formula is C12H13BrFN3. The number of hydrogen-bond acceptors (Lipinski definition) is 2. The van der Waals surface area contributed by atoms with Crippen LogP contribution in [-0.2, 0) is 7.05 Å². The van der Waals surface area contributed by atoms with E-state index in [4.69, 9.17) is 0 Å². The van der Waals surface area contributed by atoms with Gasteiger partial charge in [-0.25, -0.2) is 4.39 Å². The predicted octanol–water partition coefficient (Wildman–Crippen LogP) is 2.63. The number of hydrogen-bond donors (Lipinski definition) is 1. The number of benzene rings is 1. The van der Waals surface area contributed by atoms with Gasteiger partial charge in [0.2, 0.25) is 0 Å². The standard InChI is InChI=1S/C12H13BrFN3/c1-15-12(8-6-16-17(2)7-8)10-5-9(13)3-4-11(10)14/h3-7,12,15H,1-2H3. The minimum absolute atomic E-state index is 0.193. The first-order chi connectivity index (χ1) is 8.11. The molecule has 0 aliphatic carbocycles. The fourth-order valence-corrected chi connectivity index (χ4v) is 2.21. The second kappa shape index (κ2) is 4.98. The highest BCUT2D eigenvalue weighted by molar-refractivity contribution is 9.10. The van der Waals surface area contributed by atoms with E-state index in [1.54, 1.807) is 30.1 Å². The van der Waals surface area contributed by atoms with Crippen molar-refractivity contribution in [3.63, 3.8) is 0 Å². The summed E-state index contributed by atoms with van der Waals surface area (Å²) in [6, 6.07) is 4.74. The molecule has 1 unspecified atom stereocenters. The third-order valence-corrected chi connectivity index (χ3v) is 3.11. The molecule has 0 spiro atoms. The lowest BCUT2D eigenvalue weighted by atomic mass is 10.0. The molecule has 1 atom stereocenters. The van der Waals surface area contributed by atoms with Crippen molar-refractivity contribution in [3.8, 4) is 0 Å². The zero-order chi connectivity index (χ0) is 12.4. The van der Waals surface area contributed by atoms with Crippen LogP contribution in [0.3, 0.4) is 0 Å². The smallest absolute Gasteiger partial charge is 0.128 e. The summed E-state index contributed by atoms with van der Waals surface area (Å²) in [5, 5.41) is 7.21. The first kappa shape index (κ1) is 12.3. The Labute approximate surface area is 108 Å². The molecule has 3 nitrogen and oxygen atoms in total. The van der Waals surface area contributed by atoms with E-state index >= 15 is 0 Å². The van der Waals surface area contributed by atoms with E-state index in [1.165, 1.54) is 6.07 Å². The van der Waals surface area contributed by atoms with Gasteiger partial charge >= 0.3 is 0 Å². The molecule has 0 aliphatic rings. The Bertz CT molecular complexity index is 524. The summed E-state index contributed by atoms with van der Waals surface area (Å²) < 4.78 is 16.4. The molecule has 0 fully saturated rings. The summed E-state index contributed by atoms with van der Waals surface area (Å²) in [6.07, 6.45) is 3.61. The first-order valence-electron chi connectivity index (χ1n) is 5.22. The van der Waals surface area contributed by atoms with Gasteiger partial charge in [0, 0.05) is 28.8 Å². The van der Waals surface area contributed by atoms with E-state index in [-0.39, 0.29) is 11.9 Å². The lowest BCUT2D eigenvalue weighted by molar-refractivity contribution is 0.575. The first-order valence-corrected chi connectivity index (χ1v) is 6.02. The molecule has 1 aromatic heterocycles. The number of nitrogens with zero attached hydrogens (tertiary/aromatic N) is 2. The van der Waals surface area contributed by atoms with E-state index in [0.717, 1.165) is 10.0 Å². The van der Waals surface area contributed by atoms with Crippen molar-refractivity contribution in [3.05, 3.63) is 52.0 Å². The van der Waals surface area contributed by atoms with Crippen molar-refractivity contribution in [2.45, 2.75) is 6.04 Å². The molecule has 5 heteroatoms. The molecule has 0 radical (unpaired) electrons. The monoisotopic (exact) mass is 297 g/mol. The Morgan fingerprint density at radius 2 is 2.24 bits per heavy atom. The summed E-state index contributed by atoms with van der Waals surface area (Å²) in [5.41, 5.74) is 1.54. The summed E-state index contributed by atoms with van der Waals surface area (Å²) in [6.45, 7) is 0. The molecule has 2 rings (SSSR count). The lowest BCUT2D eigenvalue weighted by Gasteiger charge is -2.16. The quantitative estimate of drug-likeness (QED) is 0.944. The number of aromatic nitrogens is 2. The molecule has 1 aromatic carbocycles. The molecule has 1 heterocycles. The third kappa shape index (κ3) is 2.56. The van der Waals surface area contributed by atoms with Crippen LogP contribution in [0, 0.1) is 5.82 Å². The Morgan fingerprint density at radius 1 is 1.47 bits per heavy atom. The van der Waals surface area contributed by atoms with Crippen LogP contribution in [0.2, 0.25) is 0 Å². The number of rotatable bonds is 3. The molecule has 2 aromatic rings. The molecule has 0 amide bonds. The van der Waals surface area contributed by atoms with Gasteiger partial charge in [-0.15, -0.1) is 0 Å². The average molecular weight is 298 g/mol. The SMILES string of the molecule is CNC(c1cnn(C)c1)c1cc(Br)ccc1F. The number of nitrogens with one attached hydrogen (secondary N) is 1. The summed E-state index contributed by atoms with van der Waals surface area (Å²) in [4.78, 5) is 0. The average Bonchev–Trinajstić information content (AvgIpc) is 2.71. The van der Waals surface area contributed by atoms with Crippen LogP contribution >= 0.6 is 15.9 Å². The van der Waals surface area contributed by atoms with Crippen LogP contribution in [0.25, 0.3) is 0 Å². The van der Waals surface area contributed by atoms with Crippen LogP contribution in [0.1, 0.15) is 17.2 Å². The number of halogens is 2. The molecule has 0 aliphatic heterocycles. The fraction of sp³-hybridized carbons (Fsp3) is 0.250. The van der Waals surface area contributed by atoms with Gasteiger partial charge in [-0.2, -0.15) is 5.10 Å². The van der Waals surface area contributed by atoms with E-state index < -0.39 is 0 Å². The van der Waals surface area contributed by atoms with E-state index in [1.807, 2.05) is 13.2 Å². The second-order valence-corrected chi connectivity index (χ2v) is 4.75. The largest absolute Gasteiger partial charge is 0.309 e. The Kier molecular flexibility index (Phi) is 3.59. The molecule has 0 bridgehead atoms. The van der Waals surface area contributed by atoms with Gasteiger partial charge in [-0.05, 0) is 25.2 Å². The molecule has 0 saturated heterocycles. The third-order valence-electron chi connectivity index (χ3n) is 2.62. The summed E-state index contributed by atoms with van der Waals surface area (Å²) in [5.74, 6) is -0.226. The van der Waals surface area contributed by atoms with Gasteiger partial charge in [0.1, 0.15) is 5.82 Å². The fourth-order valence-electron chi connectivity index (χ4n) is 1.83. The Morgan fingerprint density at radius 3 is 2.82 bits per heavy atom. The van der Waals surface area contributed by atoms with Gasteiger partial charge in [0.15, 0.2) is 0 Å². The van der Waals surface area contributed by atoms with Gasteiger partial charge in [0.05, 0.1) is 12.2 Å². The van der Waals surface area contributed by atoms with Crippen LogP contribution in [0.5, 0.6) is 0 Å².